The maximum absolute atomic E-state index is 12.1. The molecule has 0 aromatic heterocycles. The van der Waals surface area contributed by atoms with Gasteiger partial charge in [-0.3, -0.25) is 4.79 Å². The molecule has 1 saturated carbocycles. The lowest BCUT2D eigenvalue weighted by Gasteiger charge is -2.31. The predicted molar refractivity (Wildman–Crippen MR) is 71.6 cm³/mol. The van der Waals surface area contributed by atoms with Crippen LogP contribution in [-0.4, -0.2) is 30.1 Å². The van der Waals surface area contributed by atoms with Crippen LogP contribution in [0.25, 0.3) is 0 Å². The monoisotopic (exact) mass is 270 g/mol. The van der Waals surface area contributed by atoms with E-state index < -0.39 is 11.2 Å². The van der Waals surface area contributed by atoms with Gasteiger partial charge in [0.1, 0.15) is 6.10 Å². The van der Waals surface area contributed by atoms with Gasteiger partial charge in [-0.25, -0.2) is 0 Å². The standard InChI is InChI=1S/C15H26O4/c1-6-14(2,3)13(16)17-10-7-8-11-12(9-10)19-15(4,5)18-11/h10-12H,6-9H2,1-5H3. The Hall–Kier alpha value is -0.610. The van der Waals surface area contributed by atoms with Gasteiger partial charge in [0.05, 0.1) is 17.6 Å². The van der Waals surface area contributed by atoms with Crippen molar-refractivity contribution in [3.8, 4) is 0 Å². The summed E-state index contributed by atoms with van der Waals surface area (Å²) in [6, 6.07) is 0. The summed E-state index contributed by atoms with van der Waals surface area (Å²) in [6.07, 6.45) is 3.49. The first-order chi connectivity index (χ1) is 8.73. The molecule has 1 saturated heterocycles. The normalized spacial score (nSPS) is 33.8. The lowest BCUT2D eigenvalue weighted by Crippen LogP contribution is -2.38. The molecular weight excluding hydrogens is 244 g/mol. The van der Waals surface area contributed by atoms with Crippen LogP contribution < -0.4 is 0 Å². The smallest absolute Gasteiger partial charge is 0.311 e. The summed E-state index contributed by atoms with van der Waals surface area (Å²) in [6.45, 7) is 9.74. The molecule has 0 bridgehead atoms. The zero-order chi connectivity index (χ0) is 14.3. The molecule has 2 fully saturated rings. The average Bonchev–Trinajstić information content (AvgIpc) is 2.62. The van der Waals surface area contributed by atoms with Crippen LogP contribution in [0.4, 0.5) is 0 Å². The van der Waals surface area contributed by atoms with Crippen molar-refractivity contribution >= 4 is 5.97 Å². The third-order valence-corrected chi connectivity index (χ3v) is 4.26. The first-order valence-electron chi connectivity index (χ1n) is 7.30. The van der Waals surface area contributed by atoms with Crippen LogP contribution >= 0.6 is 0 Å². The fourth-order valence-electron chi connectivity index (χ4n) is 2.64. The van der Waals surface area contributed by atoms with Gasteiger partial charge in [-0.1, -0.05) is 6.92 Å². The van der Waals surface area contributed by atoms with E-state index in [1.165, 1.54) is 0 Å². The van der Waals surface area contributed by atoms with Crippen molar-refractivity contribution < 1.29 is 19.0 Å². The molecular formula is C15H26O4. The van der Waals surface area contributed by atoms with E-state index in [4.69, 9.17) is 14.2 Å². The molecule has 0 spiro atoms. The molecule has 0 amide bonds. The maximum Gasteiger partial charge on any atom is 0.311 e. The summed E-state index contributed by atoms with van der Waals surface area (Å²) < 4.78 is 17.3. The van der Waals surface area contributed by atoms with E-state index in [9.17, 15) is 4.79 Å². The van der Waals surface area contributed by atoms with Crippen LogP contribution in [0.5, 0.6) is 0 Å². The number of esters is 1. The summed E-state index contributed by atoms with van der Waals surface area (Å²) >= 11 is 0. The number of rotatable bonds is 3. The number of hydrogen-bond acceptors (Lipinski definition) is 4. The maximum atomic E-state index is 12.1. The molecule has 2 aliphatic rings. The number of carbonyl (C=O) groups is 1. The first kappa shape index (κ1) is 14.8. The molecule has 1 heterocycles. The van der Waals surface area contributed by atoms with Gasteiger partial charge in [-0.2, -0.15) is 0 Å². The summed E-state index contributed by atoms with van der Waals surface area (Å²) in [5.74, 6) is -0.603. The van der Waals surface area contributed by atoms with Gasteiger partial charge in [-0.15, -0.1) is 0 Å². The molecule has 19 heavy (non-hydrogen) atoms. The molecule has 4 heteroatoms. The fraction of sp³-hybridized carbons (Fsp3) is 0.933. The lowest BCUT2D eigenvalue weighted by atomic mass is 9.89. The molecule has 0 aromatic rings. The van der Waals surface area contributed by atoms with E-state index in [0.717, 1.165) is 25.7 Å². The van der Waals surface area contributed by atoms with Crippen molar-refractivity contribution in [2.45, 2.75) is 84.4 Å². The Morgan fingerprint density at radius 2 is 1.89 bits per heavy atom. The highest BCUT2D eigenvalue weighted by molar-refractivity contribution is 5.76. The second-order valence-corrected chi connectivity index (χ2v) is 6.79. The van der Waals surface area contributed by atoms with E-state index in [-0.39, 0.29) is 24.3 Å². The number of fused-ring (bicyclic) bond motifs is 1. The summed E-state index contributed by atoms with van der Waals surface area (Å²) in [5, 5.41) is 0. The minimum Gasteiger partial charge on any atom is -0.462 e. The number of ether oxygens (including phenoxy) is 3. The average molecular weight is 270 g/mol. The zero-order valence-electron chi connectivity index (χ0n) is 12.7. The van der Waals surface area contributed by atoms with Gasteiger partial charge in [0.2, 0.25) is 0 Å². The molecule has 0 N–H and O–H groups in total. The Balaban J connectivity index is 1.90. The third-order valence-electron chi connectivity index (χ3n) is 4.26. The van der Waals surface area contributed by atoms with Gasteiger partial charge in [0.15, 0.2) is 5.79 Å². The minimum atomic E-state index is -0.503. The van der Waals surface area contributed by atoms with E-state index in [1.807, 2.05) is 34.6 Å². The van der Waals surface area contributed by atoms with Crippen molar-refractivity contribution in [3.63, 3.8) is 0 Å². The van der Waals surface area contributed by atoms with Gasteiger partial charge in [-0.05, 0) is 47.0 Å². The van der Waals surface area contributed by atoms with E-state index >= 15 is 0 Å². The molecule has 2 rings (SSSR count). The van der Waals surface area contributed by atoms with Gasteiger partial charge in [0, 0.05) is 6.42 Å². The highest BCUT2D eigenvalue weighted by Gasteiger charge is 2.45. The Labute approximate surface area is 115 Å². The minimum absolute atomic E-state index is 0.0305. The summed E-state index contributed by atoms with van der Waals surface area (Å²) in [7, 11) is 0. The second-order valence-electron chi connectivity index (χ2n) is 6.79. The number of hydrogen-bond donors (Lipinski definition) is 0. The van der Waals surface area contributed by atoms with Crippen LogP contribution in [0.2, 0.25) is 0 Å². The van der Waals surface area contributed by atoms with Gasteiger partial charge in [0.25, 0.3) is 0 Å². The molecule has 110 valence electrons. The Morgan fingerprint density at radius 1 is 1.26 bits per heavy atom. The third kappa shape index (κ3) is 3.29. The van der Waals surface area contributed by atoms with Crippen molar-refractivity contribution in [1.82, 2.24) is 0 Å². The first-order valence-corrected chi connectivity index (χ1v) is 7.30. The van der Waals surface area contributed by atoms with Crippen molar-refractivity contribution in [2.75, 3.05) is 0 Å². The van der Waals surface area contributed by atoms with Crippen LogP contribution in [0.3, 0.4) is 0 Å². The van der Waals surface area contributed by atoms with Crippen LogP contribution in [0, 0.1) is 5.41 Å². The zero-order valence-corrected chi connectivity index (χ0v) is 12.7. The van der Waals surface area contributed by atoms with Gasteiger partial charge >= 0.3 is 5.97 Å². The molecule has 0 aromatic carbocycles. The molecule has 0 radical (unpaired) electrons. The van der Waals surface area contributed by atoms with E-state index in [2.05, 4.69) is 0 Å². The lowest BCUT2D eigenvalue weighted by molar-refractivity contribution is -0.164. The Bertz CT molecular complexity index is 348. The quantitative estimate of drug-likeness (QED) is 0.739. The molecule has 3 unspecified atom stereocenters. The summed E-state index contributed by atoms with van der Waals surface area (Å²) in [5.41, 5.74) is -0.400. The highest BCUT2D eigenvalue weighted by Crippen LogP contribution is 2.38. The van der Waals surface area contributed by atoms with Crippen molar-refractivity contribution in [2.24, 2.45) is 5.41 Å². The largest absolute Gasteiger partial charge is 0.462 e. The molecule has 3 atom stereocenters. The van der Waals surface area contributed by atoms with Crippen molar-refractivity contribution in [1.29, 1.82) is 0 Å². The molecule has 1 aliphatic heterocycles. The number of carbonyl (C=O) groups excluding carboxylic acids is 1. The highest BCUT2D eigenvalue weighted by atomic mass is 16.8. The predicted octanol–water partition coefficient (Wildman–Crippen LogP) is 3.04. The molecule has 1 aliphatic carbocycles. The summed E-state index contributed by atoms with van der Waals surface area (Å²) in [4.78, 5) is 12.1. The van der Waals surface area contributed by atoms with Crippen LogP contribution in [0.15, 0.2) is 0 Å². The fourth-order valence-corrected chi connectivity index (χ4v) is 2.64. The second kappa shape index (κ2) is 5.06. The van der Waals surface area contributed by atoms with E-state index in [1.54, 1.807) is 0 Å². The molecule has 4 nitrogen and oxygen atoms in total. The van der Waals surface area contributed by atoms with Crippen LogP contribution in [0.1, 0.15) is 60.3 Å². The van der Waals surface area contributed by atoms with Gasteiger partial charge < -0.3 is 14.2 Å². The topological polar surface area (TPSA) is 44.8 Å². The van der Waals surface area contributed by atoms with E-state index in [0.29, 0.717) is 0 Å². The Morgan fingerprint density at radius 3 is 2.53 bits per heavy atom. The SMILES string of the molecule is CCC(C)(C)C(=O)OC1CCC2OC(C)(C)OC2C1. The van der Waals surface area contributed by atoms with Crippen molar-refractivity contribution in [3.05, 3.63) is 0 Å². The van der Waals surface area contributed by atoms with Crippen LogP contribution in [-0.2, 0) is 19.0 Å². The Kier molecular flexibility index (Phi) is 3.94.